The van der Waals surface area contributed by atoms with Gasteiger partial charge < -0.3 is 11.1 Å². The van der Waals surface area contributed by atoms with Crippen molar-refractivity contribution in [2.24, 2.45) is 11.7 Å². The number of carbonyl (C=O) groups is 3. The number of halogens is 1. The molecule has 0 aromatic rings. The first-order chi connectivity index (χ1) is 9.56. The van der Waals surface area contributed by atoms with Gasteiger partial charge in [0, 0.05) is 0 Å². The van der Waals surface area contributed by atoms with Crippen LogP contribution in [0.2, 0.25) is 0 Å². The van der Waals surface area contributed by atoms with Crippen molar-refractivity contribution in [1.82, 2.24) is 16.0 Å². The van der Waals surface area contributed by atoms with Crippen LogP contribution in [-0.2, 0) is 14.4 Å². The molecule has 3 amide bonds. The lowest BCUT2D eigenvalue weighted by Gasteiger charge is -2.27. The second-order valence-electron chi connectivity index (χ2n) is 5.58. The zero-order chi connectivity index (χ0) is 14.5. The van der Waals surface area contributed by atoms with Crippen LogP contribution in [0.4, 0.5) is 0 Å². The van der Waals surface area contributed by atoms with Crippen molar-refractivity contribution in [1.29, 1.82) is 0 Å². The average Bonchev–Trinajstić information content (AvgIpc) is 2.43. The topological polar surface area (TPSA) is 113 Å². The first-order valence-corrected chi connectivity index (χ1v) is 7.19. The van der Waals surface area contributed by atoms with E-state index in [4.69, 9.17) is 5.73 Å². The molecule has 8 heteroatoms. The number of piperazine rings is 1. The number of hydrogen-bond acceptors (Lipinski definition) is 5. The highest BCUT2D eigenvalue weighted by Gasteiger charge is 2.29. The molecule has 1 unspecified atom stereocenters. The fourth-order valence-corrected chi connectivity index (χ4v) is 2.80. The van der Waals surface area contributed by atoms with Crippen LogP contribution in [0, 0.1) is 5.92 Å². The summed E-state index contributed by atoms with van der Waals surface area (Å²) < 4.78 is 0. The highest BCUT2D eigenvalue weighted by molar-refractivity contribution is 6.02. The van der Waals surface area contributed by atoms with Gasteiger partial charge >= 0.3 is 0 Å². The molecule has 21 heavy (non-hydrogen) atoms. The second kappa shape index (κ2) is 8.31. The molecule has 0 bridgehead atoms. The summed E-state index contributed by atoms with van der Waals surface area (Å²) in [4.78, 5) is 34.4. The summed E-state index contributed by atoms with van der Waals surface area (Å²) in [5.41, 5.74) is 5.90. The van der Waals surface area contributed by atoms with Gasteiger partial charge in [-0.05, 0) is 12.3 Å². The van der Waals surface area contributed by atoms with Gasteiger partial charge in [-0.2, -0.15) is 0 Å². The Labute approximate surface area is 130 Å². The third kappa shape index (κ3) is 5.26. The smallest absolute Gasteiger partial charge is 0.264 e. The van der Waals surface area contributed by atoms with E-state index in [1.165, 1.54) is 19.3 Å². The Bertz CT molecular complexity index is 399. The Kier molecular flexibility index (Phi) is 7.07. The van der Waals surface area contributed by atoms with Crippen molar-refractivity contribution in [3.8, 4) is 0 Å². The zero-order valence-corrected chi connectivity index (χ0v) is 12.7. The molecule has 1 aliphatic carbocycles. The maximum atomic E-state index is 12.0. The summed E-state index contributed by atoms with van der Waals surface area (Å²) in [6.07, 6.45) is 5.69. The van der Waals surface area contributed by atoms with E-state index in [0.717, 1.165) is 12.8 Å². The molecule has 0 radical (unpaired) electrons. The van der Waals surface area contributed by atoms with Crippen LogP contribution >= 0.6 is 12.4 Å². The van der Waals surface area contributed by atoms with Crippen molar-refractivity contribution in [2.75, 3.05) is 6.54 Å². The van der Waals surface area contributed by atoms with E-state index >= 15 is 0 Å². The number of rotatable bonds is 4. The molecular weight excluding hydrogens is 296 g/mol. The number of nitrogens with one attached hydrogen (secondary N) is 3. The summed E-state index contributed by atoms with van der Waals surface area (Å²) in [6, 6.07) is -0.606. The lowest BCUT2D eigenvalue weighted by Crippen LogP contribution is -2.64. The van der Waals surface area contributed by atoms with E-state index in [-0.39, 0.29) is 24.9 Å². The molecule has 120 valence electrons. The molecule has 2 atom stereocenters. The summed E-state index contributed by atoms with van der Waals surface area (Å²) in [6.45, 7) is 0.00848. The van der Waals surface area contributed by atoms with Gasteiger partial charge in [0.05, 0.1) is 12.6 Å². The molecule has 0 aromatic heterocycles. The van der Waals surface area contributed by atoms with E-state index in [1.54, 1.807) is 0 Å². The summed E-state index contributed by atoms with van der Waals surface area (Å²) in [7, 11) is 0. The minimum absolute atomic E-state index is 0. The van der Waals surface area contributed by atoms with Crippen LogP contribution in [0.25, 0.3) is 0 Å². The minimum atomic E-state index is -0.877. The quantitative estimate of drug-likeness (QED) is 0.517. The maximum Gasteiger partial charge on any atom is 0.264 e. The zero-order valence-electron chi connectivity index (χ0n) is 11.9. The Balaban J connectivity index is 0.00000220. The third-order valence-corrected chi connectivity index (χ3v) is 3.93. The van der Waals surface area contributed by atoms with Gasteiger partial charge in [0.25, 0.3) is 5.91 Å². The Morgan fingerprint density at radius 2 is 1.95 bits per heavy atom. The van der Waals surface area contributed by atoms with Gasteiger partial charge in [-0.1, -0.05) is 32.1 Å². The van der Waals surface area contributed by atoms with Gasteiger partial charge in [0.2, 0.25) is 11.8 Å². The number of amides is 3. The SMILES string of the molecule is Cl.N[C@H](CC1CCCCC1)C(=O)NC1NCC(=O)NC1=O. The largest absolute Gasteiger partial charge is 0.331 e. The normalized spacial score (nSPS) is 24.7. The average molecular weight is 319 g/mol. The lowest BCUT2D eigenvalue weighted by molar-refractivity contribution is -0.138. The van der Waals surface area contributed by atoms with Crippen LogP contribution in [0.3, 0.4) is 0 Å². The number of nitrogens with two attached hydrogens (primary N) is 1. The number of hydrogen-bond donors (Lipinski definition) is 4. The van der Waals surface area contributed by atoms with Crippen LogP contribution in [-0.4, -0.2) is 36.5 Å². The fraction of sp³-hybridized carbons (Fsp3) is 0.769. The molecule has 1 heterocycles. The number of carbonyl (C=O) groups excluding carboxylic acids is 3. The molecule has 1 saturated heterocycles. The molecule has 1 aliphatic heterocycles. The van der Waals surface area contributed by atoms with Crippen LogP contribution in [0.5, 0.6) is 0 Å². The molecule has 7 nitrogen and oxygen atoms in total. The Morgan fingerprint density at radius 3 is 2.57 bits per heavy atom. The van der Waals surface area contributed by atoms with Gasteiger partial charge in [-0.3, -0.25) is 25.0 Å². The van der Waals surface area contributed by atoms with Crippen LogP contribution < -0.4 is 21.7 Å². The molecular formula is C13H23ClN4O3. The highest BCUT2D eigenvalue weighted by Crippen LogP contribution is 2.26. The third-order valence-electron chi connectivity index (χ3n) is 3.93. The van der Waals surface area contributed by atoms with Gasteiger partial charge in [-0.25, -0.2) is 0 Å². The highest BCUT2D eigenvalue weighted by atomic mass is 35.5. The predicted octanol–water partition coefficient (Wildman–Crippen LogP) is -0.606. The van der Waals surface area contributed by atoms with E-state index in [2.05, 4.69) is 16.0 Å². The maximum absolute atomic E-state index is 12.0. The summed E-state index contributed by atoms with van der Waals surface area (Å²) in [5.74, 6) is -0.789. The van der Waals surface area contributed by atoms with E-state index in [1.807, 2.05) is 0 Å². The van der Waals surface area contributed by atoms with E-state index in [0.29, 0.717) is 12.3 Å². The van der Waals surface area contributed by atoms with Crippen molar-refractivity contribution >= 4 is 30.1 Å². The fourth-order valence-electron chi connectivity index (χ4n) is 2.80. The summed E-state index contributed by atoms with van der Waals surface area (Å²) >= 11 is 0. The molecule has 2 rings (SSSR count). The van der Waals surface area contributed by atoms with Crippen molar-refractivity contribution < 1.29 is 14.4 Å². The second-order valence-corrected chi connectivity index (χ2v) is 5.58. The van der Waals surface area contributed by atoms with Gasteiger partial charge in [0.15, 0.2) is 6.17 Å². The minimum Gasteiger partial charge on any atom is -0.331 e. The predicted molar refractivity (Wildman–Crippen MR) is 79.5 cm³/mol. The first kappa shape index (κ1) is 17.9. The first-order valence-electron chi connectivity index (χ1n) is 7.19. The monoisotopic (exact) mass is 318 g/mol. The summed E-state index contributed by atoms with van der Waals surface area (Å²) in [5, 5.41) is 7.36. The van der Waals surface area contributed by atoms with Crippen LogP contribution in [0.1, 0.15) is 38.5 Å². The van der Waals surface area contributed by atoms with Crippen molar-refractivity contribution in [2.45, 2.75) is 50.7 Å². The Hall–Kier alpha value is -1.18. The van der Waals surface area contributed by atoms with Crippen LogP contribution in [0.15, 0.2) is 0 Å². The van der Waals surface area contributed by atoms with Crippen molar-refractivity contribution in [3.63, 3.8) is 0 Å². The molecule has 1 saturated carbocycles. The molecule has 5 N–H and O–H groups in total. The molecule has 0 aromatic carbocycles. The van der Waals surface area contributed by atoms with E-state index < -0.39 is 24.0 Å². The lowest BCUT2D eigenvalue weighted by atomic mass is 9.85. The van der Waals surface area contributed by atoms with E-state index in [9.17, 15) is 14.4 Å². The van der Waals surface area contributed by atoms with Crippen molar-refractivity contribution in [3.05, 3.63) is 0 Å². The Morgan fingerprint density at radius 1 is 1.29 bits per heavy atom. The molecule has 2 fully saturated rings. The standard InChI is InChI=1S/C13H22N4O3.ClH/c14-9(6-8-4-2-1-3-5-8)12(19)17-11-13(20)16-10(18)7-15-11;/h8-9,11,15H,1-7,14H2,(H,17,19)(H,16,18,20);1H/t9-,11?;/m1./s1. The number of imide groups is 1. The van der Waals surface area contributed by atoms with Gasteiger partial charge in [-0.15, -0.1) is 12.4 Å². The molecule has 0 spiro atoms. The van der Waals surface area contributed by atoms with Gasteiger partial charge in [0.1, 0.15) is 0 Å². The molecule has 2 aliphatic rings.